The van der Waals surface area contributed by atoms with Crippen molar-refractivity contribution in [1.29, 1.82) is 0 Å². The molecule has 27 heavy (non-hydrogen) atoms. The van der Waals surface area contributed by atoms with E-state index in [1.165, 1.54) is 11.3 Å². The molecule has 0 unspecified atom stereocenters. The molecule has 0 aliphatic heterocycles. The van der Waals surface area contributed by atoms with Gasteiger partial charge in [0.1, 0.15) is 15.5 Å². The Labute approximate surface area is 166 Å². The van der Waals surface area contributed by atoms with Crippen LogP contribution in [0, 0.1) is 0 Å². The summed E-state index contributed by atoms with van der Waals surface area (Å²) in [6, 6.07) is 7.43. The Bertz CT molecular complexity index is 999. The van der Waals surface area contributed by atoms with E-state index in [1.54, 1.807) is 6.20 Å². The van der Waals surface area contributed by atoms with E-state index in [1.807, 2.05) is 45.0 Å². The molecule has 1 aromatic carbocycles. The van der Waals surface area contributed by atoms with Gasteiger partial charge in [-0.1, -0.05) is 16.8 Å². The Morgan fingerprint density at radius 1 is 1.26 bits per heavy atom. The van der Waals surface area contributed by atoms with Gasteiger partial charge in [-0.3, -0.25) is 0 Å². The summed E-state index contributed by atoms with van der Waals surface area (Å²) in [5, 5.41) is 8.84. The molecular weight excluding hydrogens is 384 g/mol. The fourth-order valence-electron chi connectivity index (χ4n) is 3.09. The highest BCUT2D eigenvalue weighted by molar-refractivity contribution is 7.18. The van der Waals surface area contributed by atoms with Gasteiger partial charge in [0.15, 0.2) is 5.76 Å². The standard InChI is InChI=1S/C20H19ClN2O3S/c1-20(2,3)25-19(24)17-14-9-4-11-10-22-26-16(11)15(14)18(27-17)23-13-7-5-12(21)6-8-13/h5-8,10,23H,4,9H2,1-3H3. The summed E-state index contributed by atoms with van der Waals surface area (Å²) in [5.74, 6) is 0.412. The molecule has 0 spiro atoms. The predicted octanol–water partition coefficient (Wildman–Crippen LogP) is 5.85. The average Bonchev–Trinajstić information content (AvgIpc) is 3.19. The van der Waals surface area contributed by atoms with Crippen molar-refractivity contribution in [2.45, 2.75) is 39.2 Å². The van der Waals surface area contributed by atoms with Crippen molar-refractivity contribution in [1.82, 2.24) is 5.16 Å². The summed E-state index contributed by atoms with van der Waals surface area (Å²) in [6.45, 7) is 5.60. The van der Waals surface area contributed by atoms with E-state index < -0.39 is 5.60 Å². The number of thiophene rings is 1. The fourth-order valence-corrected chi connectivity index (χ4v) is 4.36. The van der Waals surface area contributed by atoms with Crippen LogP contribution in [0.3, 0.4) is 0 Å². The van der Waals surface area contributed by atoms with Gasteiger partial charge < -0.3 is 14.6 Å². The van der Waals surface area contributed by atoms with Gasteiger partial charge in [-0.25, -0.2) is 4.79 Å². The smallest absolute Gasteiger partial charge is 0.349 e. The number of nitrogens with one attached hydrogen (secondary N) is 1. The van der Waals surface area contributed by atoms with Crippen LogP contribution < -0.4 is 5.32 Å². The first kappa shape index (κ1) is 18.1. The number of benzene rings is 1. The minimum atomic E-state index is -0.552. The molecule has 5 nitrogen and oxygen atoms in total. The summed E-state index contributed by atoms with van der Waals surface area (Å²) in [7, 11) is 0. The molecule has 4 rings (SSSR count). The number of fused-ring (bicyclic) bond motifs is 3. The average molecular weight is 403 g/mol. The second-order valence-corrected chi connectivity index (χ2v) is 8.88. The number of esters is 1. The molecule has 140 valence electrons. The van der Waals surface area contributed by atoms with Crippen LogP contribution in [0.15, 0.2) is 35.0 Å². The number of carbonyl (C=O) groups excluding carboxylic acids is 1. The highest BCUT2D eigenvalue weighted by Gasteiger charge is 2.32. The third kappa shape index (κ3) is 3.59. The quantitative estimate of drug-likeness (QED) is 0.556. The van der Waals surface area contributed by atoms with Crippen molar-refractivity contribution in [2.75, 3.05) is 5.32 Å². The van der Waals surface area contributed by atoms with E-state index >= 15 is 0 Å². The number of nitrogens with zero attached hydrogens (tertiary/aromatic N) is 1. The minimum Gasteiger partial charge on any atom is -0.456 e. The molecule has 2 aromatic heterocycles. The van der Waals surface area contributed by atoms with Gasteiger partial charge in [0.05, 0.1) is 11.8 Å². The second-order valence-electron chi connectivity index (χ2n) is 7.43. The monoisotopic (exact) mass is 402 g/mol. The molecule has 0 bridgehead atoms. The van der Waals surface area contributed by atoms with Gasteiger partial charge in [0.25, 0.3) is 0 Å². The normalized spacial score (nSPS) is 13.0. The lowest BCUT2D eigenvalue weighted by molar-refractivity contribution is 0.00742. The second kappa shape index (κ2) is 6.69. The number of hydrogen-bond donors (Lipinski definition) is 1. The van der Waals surface area contributed by atoms with E-state index in [4.69, 9.17) is 20.9 Å². The summed E-state index contributed by atoms with van der Waals surface area (Å²) in [5.41, 5.74) is 3.23. The van der Waals surface area contributed by atoms with E-state index in [-0.39, 0.29) is 5.97 Å². The van der Waals surface area contributed by atoms with Crippen molar-refractivity contribution in [3.8, 4) is 11.3 Å². The molecule has 1 aliphatic rings. The van der Waals surface area contributed by atoms with E-state index in [2.05, 4.69) is 10.5 Å². The number of anilines is 2. The number of halogens is 1. The van der Waals surface area contributed by atoms with Crippen LogP contribution in [-0.2, 0) is 17.6 Å². The lowest BCUT2D eigenvalue weighted by Crippen LogP contribution is -2.24. The van der Waals surface area contributed by atoms with E-state index in [0.29, 0.717) is 9.90 Å². The number of ether oxygens (including phenoxy) is 1. The van der Waals surface area contributed by atoms with Crippen molar-refractivity contribution in [3.05, 3.63) is 51.5 Å². The van der Waals surface area contributed by atoms with Crippen LogP contribution in [0.4, 0.5) is 10.7 Å². The van der Waals surface area contributed by atoms with Gasteiger partial charge in [-0.15, -0.1) is 11.3 Å². The van der Waals surface area contributed by atoms with Crippen LogP contribution in [0.5, 0.6) is 0 Å². The summed E-state index contributed by atoms with van der Waals surface area (Å²) >= 11 is 7.36. The van der Waals surface area contributed by atoms with Crippen LogP contribution in [-0.4, -0.2) is 16.7 Å². The maximum absolute atomic E-state index is 12.8. The number of hydrogen-bond acceptors (Lipinski definition) is 6. The van der Waals surface area contributed by atoms with Crippen molar-refractivity contribution < 1.29 is 14.1 Å². The fraction of sp³-hybridized carbons (Fsp3) is 0.300. The molecule has 0 amide bonds. The SMILES string of the molecule is CC(C)(C)OC(=O)c1sc(Nc2ccc(Cl)cc2)c2c1CCc1cnoc1-2. The predicted molar refractivity (Wildman–Crippen MR) is 107 cm³/mol. The maximum Gasteiger partial charge on any atom is 0.349 e. The molecule has 3 aromatic rings. The molecule has 0 fully saturated rings. The van der Waals surface area contributed by atoms with Crippen LogP contribution in [0.1, 0.15) is 41.6 Å². The Hall–Kier alpha value is -2.31. The van der Waals surface area contributed by atoms with Crippen LogP contribution >= 0.6 is 22.9 Å². The molecule has 2 heterocycles. The van der Waals surface area contributed by atoms with Crippen molar-refractivity contribution in [2.24, 2.45) is 0 Å². The molecule has 0 saturated carbocycles. The Morgan fingerprint density at radius 2 is 2.00 bits per heavy atom. The van der Waals surface area contributed by atoms with Gasteiger partial charge >= 0.3 is 5.97 Å². The third-order valence-corrected chi connectivity index (χ3v) is 5.59. The van der Waals surface area contributed by atoms with Crippen LogP contribution in [0.25, 0.3) is 11.3 Å². The summed E-state index contributed by atoms with van der Waals surface area (Å²) in [6.07, 6.45) is 3.28. The lowest BCUT2D eigenvalue weighted by Gasteiger charge is -2.20. The van der Waals surface area contributed by atoms with E-state index in [9.17, 15) is 4.79 Å². The molecular formula is C20H19ClN2O3S. The molecule has 0 radical (unpaired) electrons. The number of aryl methyl sites for hydroxylation is 1. The molecule has 0 atom stereocenters. The van der Waals surface area contributed by atoms with Crippen molar-refractivity contribution in [3.63, 3.8) is 0 Å². The third-order valence-electron chi connectivity index (χ3n) is 4.21. The van der Waals surface area contributed by atoms with Crippen LogP contribution in [0.2, 0.25) is 5.02 Å². The minimum absolute atomic E-state index is 0.309. The number of aromatic nitrogens is 1. The molecule has 0 saturated heterocycles. The zero-order valence-corrected chi connectivity index (χ0v) is 16.8. The Balaban J connectivity index is 1.79. The number of rotatable bonds is 3. The Morgan fingerprint density at radius 3 is 2.70 bits per heavy atom. The molecule has 1 N–H and O–H groups in total. The zero-order chi connectivity index (χ0) is 19.2. The summed E-state index contributed by atoms with van der Waals surface area (Å²) in [4.78, 5) is 13.4. The largest absolute Gasteiger partial charge is 0.456 e. The highest BCUT2D eigenvalue weighted by Crippen LogP contribution is 2.47. The van der Waals surface area contributed by atoms with Crippen molar-refractivity contribution >= 4 is 39.6 Å². The zero-order valence-electron chi connectivity index (χ0n) is 15.3. The van der Waals surface area contributed by atoms with E-state index in [0.717, 1.165) is 46.0 Å². The van der Waals surface area contributed by atoms with Gasteiger partial charge in [0.2, 0.25) is 0 Å². The van der Waals surface area contributed by atoms with Gasteiger partial charge in [-0.2, -0.15) is 0 Å². The molecule has 1 aliphatic carbocycles. The van der Waals surface area contributed by atoms with Gasteiger partial charge in [0, 0.05) is 16.3 Å². The van der Waals surface area contributed by atoms with Gasteiger partial charge in [-0.05, 0) is 63.4 Å². The highest BCUT2D eigenvalue weighted by atomic mass is 35.5. The molecule has 7 heteroatoms. The topological polar surface area (TPSA) is 64.4 Å². The lowest BCUT2D eigenvalue weighted by atomic mass is 9.92. The number of carbonyl (C=O) groups is 1. The first-order valence-electron chi connectivity index (χ1n) is 8.67. The summed E-state index contributed by atoms with van der Waals surface area (Å²) < 4.78 is 11.1. The first-order valence-corrected chi connectivity index (χ1v) is 9.87. The Kier molecular flexibility index (Phi) is 4.48. The first-order chi connectivity index (χ1) is 12.8. The maximum atomic E-state index is 12.8.